The van der Waals surface area contributed by atoms with Crippen LogP contribution in [0.5, 0.6) is 5.75 Å². The number of carbonyl (C=O) groups excluding carboxylic acids is 1. The zero-order chi connectivity index (χ0) is 20.7. The van der Waals surface area contributed by atoms with Crippen molar-refractivity contribution in [3.63, 3.8) is 0 Å². The third-order valence-electron chi connectivity index (χ3n) is 6.94. The van der Waals surface area contributed by atoms with Gasteiger partial charge in [0.05, 0.1) is 24.3 Å². The summed E-state index contributed by atoms with van der Waals surface area (Å²) in [7, 11) is 1.68. The topological polar surface area (TPSA) is 79.5 Å². The number of hydrogen-bond acceptors (Lipinski definition) is 5. The van der Waals surface area contributed by atoms with Gasteiger partial charge in [0.15, 0.2) is 0 Å². The molecule has 3 aliphatic rings. The van der Waals surface area contributed by atoms with E-state index in [-0.39, 0.29) is 11.9 Å². The van der Waals surface area contributed by atoms with E-state index < -0.39 is 5.41 Å². The van der Waals surface area contributed by atoms with Crippen LogP contribution in [0, 0.1) is 18.3 Å². The molecule has 7 nitrogen and oxygen atoms in total. The van der Waals surface area contributed by atoms with Gasteiger partial charge in [-0.25, -0.2) is 0 Å². The first-order chi connectivity index (χ1) is 14.5. The minimum absolute atomic E-state index is 0.176. The fourth-order valence-electron chi connectivity index (χ4n) is 5.30. The first-order valence-electron chi connectivity index (χ1n) is 10.8. The number of aryl methyl sites for hydroxylation is 1. The van der Waals surface area contributed by atoms with E-state index in [0.29, 0.717) is 18.4 Å². The molecule has 1 aliphatic carbocycles. The molecule has 0 spiro atoms. The molecular formula is C23H30N4O3. The normalized spacial score (nSPS) is 27.1. The Hall–Kier alpha value is -2.38. The number of aromatic nitrogens is 2. The summed E-state index contributed by atoms with van der Waals surface area (Å²) < 4.78 is 11.1. The Morgan fingerprint density at radius 3 is 3.00 bits per heavy atom. The highest BCUT2D eigenvalue weighted by Crippen LogP contribution is 2.41. The summed E-state index contributed by atoms with van der Waals surface area (Å²) in [4.78, 5) is 15.8. The van der Waals surface area contributed by atoms with Gasteiger partial charge in [-0.2, -0.15) is 5.10 Å². The van der Waals surface area contributed by atoms with Gasteiger partial charge in [-0.15, -0.1) is 0 Å². The molecule has 7 heteroatoms. The number of nitrogens with zero attached hydrogens (tertiary/aromatic N) is 2. The van der Waals surface area contributed by atoms with Gasteiger partial charge in [0.1, 0.15) is 5.75 Å². The van der Waals surface area contributed by atoms with E-state index in [2.05, 4.69) is 32.5 Å². The molecule has 1 aromatic carbocycles. The Balaban J connectivity index is 1.29. The van der Waals surface area contributed by atoms with E-state index in [9.17, 15) is 4.79 Å². The second kappa shape index (κ2) is 7.71. The van der Waals surface area contributed by atoms with E-state index in [4.69, 9.17) is 9.47 Å². The standard InChI is InChI=1S/C23H30N4O3/c1-15-8-17(26-25-15)12-27-13-23(14-27,11-16-4-3-5-18(9-16)29-2)22(28)24-20-10-21-19(20)6-7-30-21/h3-5,8-9,19-21H,6-7,10-14H2,1-2H3,(H,24,28)(H,25,26)/t19-,20+,21+/m0/s1. The Morgan fingerprint density at radius 1 is 1.40 bits per heavy atom. The fourth-order valence-corrected chi connectivity index (χ4v) is 5.30. The number of rotatable bonds is 7. The maximum absolute atomic E-state index is 13.5. The van der Waals surface area contributed by atoms with Crippen LogP contribution in [0.25, 0.3) is 0 Å². The molecule has 0 unspecified atom stereocenters. The number of hydrogen-bond donors (Lipinski definition) is 2. The molecule has 3 heterocycles. The lowest BCUT2D eigenvalue weighted by atomic mass is 9.71. The van der Waals surface area contributed by atoms with Crippen molar-refractivity contribution in [1.29, 1.82) is 0 Å². The number of benzene rings is 1. The van der Waals surface area contributed by atoms with Gasteiger partial charge in [-0.3, -0.25) is 14.8 Å². The van der Waals surface area contributed by atoms with Crippen LogP contribution in [0.15, 0.2) is 30.3 Å². The second-order valence-electron chi connectivity index (χ2n) is 9.17. The van der Waals surface area contributed by atoms with Gasteiger partial charge in [0, 0.05) is 43.9 Å². The smallest absolute Gasteiger partial charge is 0.229 e. The number of likely N-dealkylation sites (tertiary alicyclic amines) is 1. The van der Waals surface area contributed by atoms with Crippen LogP contribution >= 0.6 is 0 Å². The van der Waals surface area contributed by atoms with Crippen molar-refractivity contribution in [3.05, 3.63) is 47.3 Å². The largest absolute Gasteiger partial charge is 0.497 e. The van der Waals surface area contributed by atoms with Gasteiger partial charge in [0.25, 0.3) is 0 Å². The minimum atomic E-state index is -0.414. The summed E-state index contributed by atoms with van der Waals surface area (Å²) >= 11 is 0. The number of H-pyrrole nitrogens is 1. The molecule has 2 saturated heterocycles. The summed E-state index contributed by atoms with van der Waals surface area (Å²) in [6, 6.07) is 10.4. The Bertz CT molecular complexity index is 921. The molecule has 2 N–H and O–H groups in total. The molecule has 160 valence electrons. The fraction of sp³-hybridized carbons (Fsp3) is 0.565. The first kappa shape index (κ1) is 19.6. The lowest BCUT2D eigenvalue weighted by molar-refractivity contribution is -0.145. The van der Waals surface area contributed by atoms with Crippen molar-refractivity contribution < 1.29 is 14.3 Å². The summed E-state index contributed by atoms with van der Waals surface area (Å²) in [6.07, 6.45) is 3.07. The second-order valence-corrected chi connectivity index (χ2v) is 9.17. The Labute approximate surface area is 177 Å². The molecule has 1 saturated carbocycles. The van der Waals surface area contributed by atoms with E-state index in [1.165, 1.54) is 0 Å². The highest BCUT2D eigenvalue weighted by atomic mass is 16.5. The Morgan fingerprint density at radius 2 is 2.27 bits per heavy atom. The van der Waals surface area contributed by atoms with Crippen molar-refractivity contribution in [1.82, 2.24) is 20.4 Å². The molecule has 1 aromatic heterocycles. The third-order valence-corrected chi connectivity index (χ3v) is 6.94. The predicted molar refractivity (Wildman–Crippen MR) is 112 cm³/mol. The molecular weight excluding hydrogens is 380 g/mol. The van der Waals surface area contributed by atoms with Gasteiger partial charge < -0.3 is 14.8 Å². The van der Waals surface area contributed by atoms with Crippen LogP contribution in [-0.4, -0.2) is 60.0 Å². The monoisotopic (exact) mass is 410 g/mol. The van der Waals surface area contributed by atoms with Crippen LogP contribution in [0.1, 0.15) is 29.8 Å². The predicted octanol–water partition coefficient (Wildman–Crippen LogP) is 2.07. The summed E-state index contributed by atoms with van der Waals surface area (Å²) in [6.45, 7) is 5.07. The van der Waals surface area contributed by atoms with Crippen LogP contribution in [0.4, 0.5) is 0 Å². The number of methoxy groups -OCH3 is 1. The number of aromatic amines is 1. The number of amides is 1. The first-order valence-corrected chi connectivity index (χ1v) is 10.8. The summed E-state index contributed by atoms with van der Waals surface area (Å²) in [5.74, 6) is 1.50. The number of fused-ring (bicyclic) bond motifs is 1. The van der Waals surface area contributed by atoms with Crippen molar-refractivity contribution >= 4 is 5.91 Å². The number of carbonyl (C=O) groups is 1. The lowest BCUT2D eigenvalue weighted by Crippen LogP contribution is -2.66. The van der Waals surface area contributed by atoms with Gasteiger partial charge in [-0.05, 0) is 49.9 Å². The van der Waals surface area contributed by atoms with Crippen LogP contribution in [-0.2, 0) is 22.5 Å². The molecule has 5 rings (SSSR count). The highest BCUT2D eigenvalue weighted by Gasteiger charge is 2.52. The van der Waals surface area contributed by atoms with E-state index in [0.717, 1.165) is 61.8 Å². The van der Waals surface area contributed by atoms with Crippen molar-refractivity contribution in [2.75, 3.05) is 26.8 Å². The summed E-state index contributed by atoms with van der Waals surface area (Å²) in [5, 5.41) is 10.7. The van der Waals surface area contributed by atoms with E-state index in [1.54, 1.807) is 7.11 Å². The zero-order valence-electron chi connectivity index (χ0n) is 17.7. The quantitative estimate of drug-likeness (QED) is 0.731. The van der Waals surface area contributed by atoms with Gasteiger partial charge in [0.2, 0.25) is 5.91 Å². The number of ether oxygens (including phenoxy) is 2. The average Bonchev–Trinajstić information content (AvgIpc) is 3.29. The molecule has 2 aromatic rings. The zero-order valence-corrected chi connectivity index (χ0v) is 17.7. The molecule has 2 aliphatic heterocycles. The minimum Gasteiger partial charge on any atom is -0.497 e. The highest BCUT2D eigenvalue weighted by molar-refractivity contribution is 5.85. The molecule has 0 bridgehead atoms. The van der Waals surface area contributed by atoms with Crippen molar-refractivity contribution in [2.24, 2.45) is 11.3 Å². The van der Waals surface area contributed by atoms with E-state index >= 15 is 0 Å². The van der Waals surface area contributed by atoms with Gasteiger partial charge in [-0.1, -0.05) is 12.1 Å². The lowest BCUT2D eigenvalue weighted by Gasteiger charge is -2.50. The maximum Gasteiger partial charge on any atom is 0.229 e. The van der Waals surface area contributed by atoms with Gasteiger partial charge >= 0.3 is 0 Å². The number of nitrogens with one attached hydrogen (secondary N) is 2. The maximum atomic E-state index is 13.5. The van der Waals surface area contributed by atoms with E-state index in [1.807, 2.05) is 25.1 Å². The summed E-state index contributed by atoms with van der Waals surface area (Å²) in [5.41, 5.74) is 2.80. The molecule has 30 heavy (non-hydrogen) atoms. The van der Waals surface area contributed by atoms with Crippen molar-refractivity contribution in [3.8, 4) is 5.75 Å². The molecule has 1 amide bonds. The van der Waals surface area contributed by atoms with Crippen LogP contribution in [0.2, 0.25) is 0 Å². The third kappa shape index (κ3) is 3.61. The average molecular weight is 411 g/mol. The van der Waals surface area contributed by atoms with Crippen LogP contribution in [0.3, 0.4) is 0 Å². The van der Waals surface area contributed by atoms with Crippen molar-refractivity contribution in [2.45, 2.75) is 44.9 Å². The molecule has 3 fully saturated rings. The SMILES string of the molecule is COc1cccc(CC2(C(=O)N[C@@H]3C[C@H]4OCC[C@@H]34)CN(Cc3cc(C)[nH]n3)C2)c1. The molecule has 3 atom stereocenters. The molecule has 0 radical (unpaired) electrons. The van der Waals surface area contributed by atoms with Crippen LogP contribution < -0.4 is 10.1 Å². The Kier molecular flexibility index (Phi) is 5.03.